The Kier molecular flexibility index (Phi) is 4.41. The summed E-state index contributed by atoms with van der Waals surface area (Å²) < 4.78 is 39.7. The highest BCUT2D eigenvalue weighted by Gasteiger charge is 2.50. The second-order valence-electron chi connectivity index (χ2n) is 6.77. The van der Waals surface area contributed by atoms with E-state index in [-0.39, 0.29) is 13.1 Å². The molecule has 2 aliphatic heterocycles. The minimum atomic E-state index is -3.36. The number of sulfonamides is 1. The number of fused-ring (bicyclic) bond motifs is 2. The van der Waals surface area contributed by atoms with Gasteiger partial charge in [-0.1, -0.05) is 22.9 Å². The van der Waals surface area contributed by atoms with E-state index >= 15 is 0 Å². The minimum Gasteiger partial charge on any atom is -0.293 e. The van der Waals surface area contributed by atoms with E-state index in [2.05, 4.69) is 10.3 Å². The van der Waals surface area contributed by atoms with Gasteiger partial charge in [0.25, 0.3) is 0 Å². The molecule has 1 N–H and O–H groups in total. The average Bonchev–Trinajstić information content (AvgIpc) is 3.27. The lowest BCUT2D eigenvalue weighted by molar-refractivity contribution is 0.256. The highest BCUT2D eigenvalue weighted by Crippen LogP contribution is 2.47. The van der Waals surface area contributed by atoms with Crippen LogP contribution in [0.3, 0.4) is 0 Å². The highest BCUT2D eigenvalue weighted by molar-refractivity contribution is 7.88. The number of nitrogens with zero attached hydrogens (tertiary/aromatic N) is 3. The molecule has 1 aromatic heterocycles. The zero-order valence-electron chi connectivity index (χ0n) is 14.3. The Labute approximate surface area is 164 Å². The second kappa shape index (κ2) is 6.40. The fourth-order valence-electron chi connectivity index (χ4n) is 3.76. The number of benzene rings is 1. The Morgan fingerprint density at radius 2 is 2.19 bits per heavy atom. The van der Waals surface area contributed by atoms with Gasteiger partial charge in [-0.05, 0) is 30.2 Å². The number of amides is 2. The Hall–Kier alpha value is -1.75. The second-order valence-corrected chi connectivity index (χ2v) is 10.4. The smallest absolute Gasteiger partial charge is 0.293 e. The molecule has 3 heterocycles. The van der Waals surface area contributed by atoms with Crippen molar-refractivity contribution in [3.05, 3.63) is 40.1 Å². The number of urea groups is 1. The Bertz CT molecular complexity index is 1030. The van der Waals surface area contributed by atoms with E-state index in [1.54, 1.807) is 6.07 Å². The van der Waals surface area contributed by atoms with Gasteiger partial charge in [-0.2, -0.15) is 0 Å². The number of hydrogen-bond donors (Lipinski definition) is 1. The van der Waals surface area contributed by atoms with E-state index in [9.17, 15) is 17.6 Å². The predicted octanol–water partition coefficient (Wildman–Crippen LogP) is 2.89. The zero-order chi connectivity index (χ0) is 19.4. The Morgan fingerprint density at radius 1 is 1.41 bits per heavy atom. The standard InChI is InChI=1S/C16H16ClFN4O3S2/c1-27(24,25)21-5-4-16(8-21)9-22(12-3-2-10(18)6-11(12)16)15(23)20-14-19-7-13(17)26-14/h2-3,6-7H,4-5,8-9H2,1H3,(H,19,20,23). The van der Waals surface area contributed by atoms with Crippen LogP contribution in [-0.4, -0.2) is 49.6 Å². The third-order valence-electron chi connectivity index (χ3n) is 5.01. The number of aromatic nitrogens is 1. The third-order valence-corrected chi connectivity index (χ3v) is 7.29. The van der Waals surface area contributed by atoms with Crippen molar-refractivity contribution in [1.29, 1.82) is 0 Å². The quantitative estimate of drug-likeness (QED) is 0.794. The molecule has 27 heavy (non-hydrogen) atoms. The van der Waals surface area contributed by atoms with Gasteiger partial charge in [0.15, 0.2) is 5.13 Å². The molecule has 7 nitrogen and oxygen atoms in total. The van der Waals surface area contributed by atoms with Crippen LogP contribution in [0.5, 0.6) is 0 Å². The van der Waals surface area contributed by atoms with Crippen LogP contribution in [0.25, 0.3) is 0 Å². The Morgan fingerprint density at radius 3 is 2.81 bits per heavy atom. The van der Waals surface area contributed by atoms with Gasteiger partial charge < -0.3 is 0 Å². The van der Waals surface area contributed by atoms with E-state index in [1.165, 1.54) is 27.5 Å². The predicted molar refractivity (Wildman–Crippen MR) is 103 cm³/mol. The van der Waals surface area contributed by atoms with Crippen LogP contribution in [0.4, 0.5) is 20.0 Å². The molecule has 1 atom stereocenters. The van der Waals surface area contributed by atoms with E-state index in [0.717, 1.165) is 17.6 Å². The van der Waals surface area contributed by atoms with Crippen molar-refractivity contribution in [1.82, 2.24) is 9.29 Å². The molecule has 1 spiro atoms. The van der Waals surface area contributed by atoms with E-state index in [1.807, 2.05) is 0 Å². The fourth-order valence-corrected chi connectivity index (χ4v) is 5.47. The number of carbonyl (C=O) groups is 1. The van der Waals surface area contributed by atoms with Crippen molar-refractivity contribution in [3.63, 3.8) is 0 Å². The summed E-state index contributed by atoms with van der Waals surface area (Å²) in [5.74, 6) is -0.417. The third kappa shape index (κ3) is 3.31. The van der Waals surface area contributed by atoms with E-state index in [0.29, 0.717) is 33.7 Å². The molecular formula is C16H16ClFN4O3S2. The van der Waals surface area contributed by atoms with Gasteiger partial charge in [0.05, 0.1) is 12.5 Å². The van der Waals surface area contributed by atoms with Gasteiger partial charge in [0.1, 0.15) is 10.2 Å². The summed E-state index contributed by atoms with van der Waals surface area (Å²) >= 11 is 6.98. The van der Waals surface area contributed by atoms with Crippen LogP contribution < -0.4 is 10.2 Å². The molecule has 0 radical (unpaired) electrons. The maximum atomic E-state index is 13.9. The zero-order valence-corrected chi connectivity index (χ0v) is 16.7. The topological polar surface area (TPSA) is 82.6 Å². The number of hydrogen-bond acceptors (Lipinski definition) is 5. The first kappa shape index (κ1) is 18.6. The number of thiazole rings is 1. The molecule has 1 fully saturated rings. The maximum Gasteiger partial charge on any atom is 0.328 e. The lowest BCUT2D eigenvalue weighted by Gasteiger charge is -2.25. The first-order valence-corrected chi connectivity index (χ1v) is 11.2. The van der Waals surface area contributed by atoms with E-state index < -0.39 is 27.3 Å². The minimum absolute atomic E-state index is 0.217. The first-order valence-electron chi connectivity index (χ1n) is 8.13. The molecule has 2 aromatic rings. The summed E-state index contributed by atoms with van der Waals surface area (Å²) in [5, 5.41) is 3.05. The summed E-state index contributed by atoms with van der Waals surface area (Å²) in [4.78, 5) is 18.3. The van der Waals surface area contributed by atoms with Gasteiger partial charge in [-0.15, -0.1) is 0 Å². The lowest BCUT2D eigenvalue weighted by atomic mass is 9.81. The van der Waals surface area contributed by atoms with Crippen molar-refractivity contribution in [2.24, 2.45) is 0 Å². The molecule has 2 amide bonds. The summed E-state index contributed by atoms with van der Waals surface area (Å²) in [7, 11) is -3.36. The van der Waals surface area contributed by atoms with Crippen LogP contribution >= 0.6 is 22.9 Å². The highest BCUT2D eigenvalue weighted by atomic mass is 35.5. The molecule has 1 saturated heterocycles. The molecule has 4 rings (SSSR count). The van der Waals surface area contributed by atoms with Crippen molar-refractivity contribution in [2.75, 3.05) is 36.1 Å². The SMILES string of the molecule is CS(=O)(=O)N1CCC2(CN(C(=O)Nc3ncc(Cl)s3)c3ccc(F)cc32)C1. The monoisotopic (exact) mass is 430 g/mol. The van der Waals surface area contributed by atoms with Gasteiger partial charge >= 0.3 is 6.03 Å². The van der Waals surface area contributed by atoms with Crippen LogP contribution in [0, 0.1) is 5.82 Å². The van der Waals surface area contributed by atoms with Gasteiger partial charge in [0, 0.05) is 30.7 Å². The summed E-state index contributed by atoms with van der Waals surface area (Å²) in [6, 6.07) is 3.83. The fraction of sp³-hybridized carbons (Fsp3) is 0.375. The summed E-state index contributed by atoms with van der Waals surface area (Å²) in [5.41, 5.74) is 0.603. The van der Waals surface area contributed by atoms with Crippen molar-refractivity contribution in [2.45, 2.75) is 11.8 Å². The van der Waals surface area contributed by atoms with Crippen molar-refractivity contribution in [3.8, 4) is 0 Å². The number of anilines is 2. The van der Waals surface area contributed by atoms with Crippen LogP contribution in [0.1, 0.15) is 12.0 Å². The van der Waals surface area contributed by atoms with Gasteiger partial charge in [0.2, 0.25) is 10.0 Å². The largest absolute Gasteiger partial charge is 0.328 e. The first-order chi connectivity index (χ1) is 12.7. The van der Waals surface area contributed by atoms with E-state index in [4.69, 9.17) is 11.6 Å². The molecule has 1 unspecified atom stereocenters. The molecule has 144 valence electrons. The van der Waals surface area contributed by atoms with Crippen LogP contribution in [0.2, 0.25) is 4.34 Å². The van der Waals surface area contributed by atoms with Gasteiger partial charge in [-0.3, -0.25) is 10.2 Å². The summed E-state index contributed by atoms with van der Waals surface area (Å²) in [6.07, 6.45) is 3.12. The molecule has 2 aliphatic rings. The molecule has 0 saturated carbocycles. The molecule has 0 bridgehead atoms. The van der Waals surface area contributed by atoms with Crippen molar-refractivity contribution >= 4 is 49.8 Å². The number of halogens is 2. The normalized spacial score (nSPS) is 22.4. The lowest BCUT2D eigenvalue weighted by Crippen LogP contribution is -2.41. The summed E-state index contributed by atoms with van der Waals surface area (Å²) in [6.45, 7) is 0.824. The van der Waals surface area contributed by atoms with Crippen molar-refractivity contribution < 1.29 is 17.6 Å². The molecule has 11 heteroatoms. The maximum absolute atomic E-state index is 13.9. The number of carbonyl (C=O) groups excluding carboxylic acids is 1. The van der Waals surface area contributed by atoms with Crippen LogP contribution in [-0.2, 0) is 15.4 Å². The molecule has 0 aliphatic carbocycles. The van der Waals surface area contributed by atoms with Gasteiger partial charge in [-0.25, -0.2) is 26.9 Å². The average molecular weight is 431 g/mol. The molecule has 1 aromatic carbocycles. The van der Waals surface area contributed by atoms with Crippen LogP contribution in [0.15, 0.2) is 24.4 Å². The number of nitrogens with one attached hydrogen (secondary N) is 1. The Balaban J connectivity index is 1.67. The number of rotatable bonds is 2. The molecular weight excluding hydrogens is 415 g/mol.